The SMILES string of the molecule is Cc1ccoc1C(O)c1cc(Br)c(Br)s1. The standard InChI is InChI=1S/C10H8Br2O2S/c1-5-2-3-14-9(5)8(13)7-4-6(11)10(12)15-7/h2-4,8,13H,1H3. The summed E-state index contributed by atoms with van der Waals surface area (Å²) in [5, 5.41) is 10.1. The van der Waals surface area contributed by atoms with Gasteiger partial charge in [0.1, 0.15) is 11.9 Å². The molecule has 0 saturated heterocycles. The Balaban J connectivity index is 2.36. The van der Waals surface area contributed by atoms with E-state index in [1.54, 1.807) is 6.26 Å². The molecule has 2 aromatic rings. The fourth-order valence-corrected chi connectivity index (χ4v) is 3.37. The molecule has 0 amide bonds. The van der Waals surface area contributed by atoms with E-state index in [-0.39, 0.29) is 0 Å². The van der Waals surface area contributed by atoms with E-state index in [0.29, 0.717) is 5.76 Å². The lowest BCUT2D eigenvalue weighted by Crippen LogP contribution is -1.96. The van der Waals surface area contributed by atoms with Crippen LogP contribution in [0.25, 0.3) is 0 Å². The summed E-state index contributed by atoms with van der Waals surface area (Å²) < 4.78 is 7.18. The molecule has 0 aliphatic rings. The number of aliphatic hydroxyl groups is 1. The fraction of sp³-hybridized carbons (Fsp3) is 0.200. The monoisotopic (exact) mass is 350 g/mol. The van der Waals surface area contributed by atoms with Crippen LogP contribution >= 0.6 is 43.2 Å². The summed E-state index contributed by atoms with van der Waals surface area (Å²) in [4.78, 5) is 0.854. The molecule has 0 aliphatic carbocycles. The zero-order chi connectivity index (χ0) is 11.0. The van der Waals surface area contributed by atoms with Gasteiger partial charge in [-0.05, 0) is 56.5 Å². The van der Waals surface area contributed by atoms with Crippen LogP contribution in [0.15, 0.2) is 31.1 Å². The van der Waals surface area contributed by atoms with E-state index in [4.69, 9.17) is 4.42 Å². The van der Waals surface area contributed by atoms with Gasteiger partial charge >= 0.3 is 0 Å². The Hall–Kier alpha value is -0.1000. The average Bonchev–Trinajstić information content (AvgIpc) is 2.74. The van der Waals surface area contributed by atoms with Crippen LogP contribution in [0.2, 0.25) is 0 Å². The van der Waals surface area contributed by atoms with Gasteiger partial charge in [-0.2, -0.15) is 0 Å². The molecule has 2 rings (SSSR count). The second-order valence-corrected chi connectivity index (χ2v) is 6.40. The van der Waals surface area contributed by atoms with Gasteiger partial charge in [0.25, 0.3) is 0 Å². The molecule has 1 atom stereocenters. The molecular formula is C10H8Br2O2S. The first-order valence-electron chi connectivity index (χ1n) is 4.26. The lowest BCUT2D eigenvalue weighted by molar-refractivity contribution is 0.192. The van der Waals surface area contributed by atoms with Crippen LogP contribution in [-0.2, 0) is 0 Å². The highest BCUT2D eigenvalue weighted by atomic mass is 79.9. The Morgan fingerprint density at radius 2 is 2.20 bits per heavy atom. The van der Waals surface area contributed by atoms with Crippen molar-refractivity contribution in [2.24, 2.45) is 0 Å². The summed E-state index contributed by atoms with van der Waals surface area (Å²) in [5.41, 5.74) is 0.961. The number of furan rings is 1. The van der Waals surface area contributed by atoms with E-state index in [2.05, 4.69) is 31.9 Å². The number of halogens is 2. The maximum Gasteiger partial charge on any atom is 0.146 e. The van der Waals surface area contributed by atoms with Gasteiger partial charge < -0.3 is 9.52 Å². The molecule has 0 aromatic carbocycles. The summed E-state index contributed by atoms with van der Waals surface area (Å²) in [6.07, 6.45) is 0.901. The van der Waals surface area contributed by atoms with E-state index in [1.807, 2.05) is 19.1 Å². The molecule has 1 unspecified atom stereocenters. The van der Waals surface area contributed by atoms with Crippen LogP contribution < -0.4 is 0 Å². The lowest BCUT2D eigenvalue weighted by Gasteiger charge is -2.05. The Morgan fingerprint density at radius 3 is 2.67 bits per heavy atom. The van der Waals surface area contributed by atoms with E-state index in [1.165, 1.54) is 11.3 Å². The quantitative estimate of drug-likeness (QED) is 0.877. The van der Waals surface area contributed by atoms with E-state index in [0.717, 1.165) is 18.7 Å². The summed E-state index contributed by atoms with van der Waals surface area (Å²) in [6.45, 7) is 1.92. The number of thiophene rings is 1. The number of hydrogen-bond acceptors (Lipinski definition) is 3. The van der Waals surface area contributed by atoms with E-state index >= 15 is 0 Å². The molecule has 0 fully saturated rings. The molecule has 80 valence electrons. The van der Waals surface area contributed by atoms with Crippen LogP contribution in [0.1, 0.15) is 22.3 Å². The normalized spacial score (nSPS) is 13.1. The highest BCUT2D eigenvalue weighted by molar-refractivity contribution is 9.13. The number of aryl methyl sites for hydroxylation is 1. The molecular weight excluding hydrogens is 344 g/mol. The lowest BCUT2D eigenvalue weighted by atomic mass is 10.1. The minimum Gasteiger partial charge on any atom is -0.466 e. The molecule has 2 aromatic heterocycles. The third-order valence-electron chi connectivity index (χ3n) is 2.08. The van der Waals surface area contributed by atoms with Crippen LogP contribution in [0, 0.1) is 6.92 Å². The smallest absolute Gasteiger partial charge is 0.146 e. The molecule has 5 heteroatoms. The second-order valence-electron chi connectivity index (χ2n) is 3.14. The van der Waals surface area contributed by atoms with Crippen molar-refractivity contribution in [2.45, 2.75) is 13.0 Å². The first kappa shape index (κ1) is 11.4. The van der Waals surface area contributed by atoms with Gasteiger partial charge in [0.2, 0.25) is 0 Å². The molecule has 0 bridgehead atoms. The van der Waals surface area contributed by atoms with Crippen LogP contribution in [0.3, 0.4) is 0 Å². The molecule has 1 N–H and O–H groups in total. The molecule has 2 heterocycles. The van der Waals surface area contributed by atoms with Gasteiger partial charge in [0, 0.05) is 9.35 Å². The van der Waals surface area contributed by atoms with Crippen molar-refractivity contribution in [1.82, 2.24) is 0 Å². The van der Waals surface area contributed by atoms with Gasteiger partial charge in [0.05, 0.1) is 10.0 Å². The molecule has 0 spiro atoms. The van der Waals surface area contributed by atoms with Gasteiger partial charge in [-0.25, -0.2) is 0 Å². The van der Waals surface area contributed by atoms with Crippen molar-refractivity contribution in [3.8, 4) is 0 Å². The first-order valence-corrected chi connectivity index (χ1v) is 6.66. The Morgan fingerprint density at radius 1 is 1.47 bits per heavy atom. The average molecular weight is 352 g/mol. The minimum absolute atomic E-state index is 0.608. The van der Waals surface area contributed by atoms with Crippen molar-refractivity contribution in [2.75, 3.05) is 0 Å². The number of hydrogen-bond donors (Lipinski definition) is 1. The second kappa shape index (κ2) is 4.41. The van der Waals surface area contributed by atoms with Crippen molar-refractivity contribution < 1.29 is 9.52 Å². The maximum atomic E-state index is 10.1. The fourth-order valence-electron chi connectivity index (χ4n) is 1.29. The summed E-state index contributed by atoms with van der Waals surface area (Å²) in [7, 11) is 0. The molecule has 0 aliphatic heterocycles. The first-order chi connectivity index (χ1) is 7.09. The summed E-state index contributed by atoms with van der Waals surface area (Å²) in [5.74, 6) is 0.608. The maximum absolute atomic E-state index is 10.1. The largest absolute Gasteiger partial charge is 0.466 e. The Labute approximate surface area is 108 Å². The van der Waals surface area contributed by atoms with Gasteiger partial charge in [0.15, 0.2) is 0 Å². The topological polar surface area (TPSA) is 33.4 Å². The Kier molecular flexibility index (Phi) is 3.35. The van der Waals surface area contributed by atoms with Gasteiger partial charge in [-0.3, -0.25) is 0 Å². The Bertz CT molecular complexity index is 456. The van der Waals surface area contributed by atoms with Crippen LogP contribution in [-0.4, -0.2) is 5.11 Å². The molecule has 0 radical (unpaired) electrons. The predicted octanol–water partition coefficient (Wildman–Crippen LogP) is 4.26. The van der Waals surface area contributed by atoms with Crippen molar-refractivity contribution in [3.63, 3.8) is 0 Å². The molecule has 0 saturated carbocycles. The predicted molar refractivity (Wildman–Crippen MR) is 67.2 cm³/mol. The van der Waals surface area contributed by atoms with Crippen LogP contribution in [0.4, 0.5) is 0 Å². The van der Waals surface area contributed by atoms with Crippen LogP contribution in [0.5, 0.6) is 0 Å². The number of rotatable bonds is 2. The van der Waals surface area contributed by atoms with Crippen molar-refractivity contribution in [1.29, 1.82) is 0 Å². The third-order valence-corrected chi connectivity index (χ3v) is 5.39. The molecule has 15 heavy (non-hydrogen) atoms. The number of aliphatic hydroxyl groups excluding tert-OH is 1. The summed E-state index contributed by atoms with van der Waals surface area (Å²) in [6, 6.07) is 3.73. The molecule has 2 nitrogen and oxygen atoms in total. The zero-order valence-corrected chi connectivity index (χ0v) is 11.8. The zero-order valence-electron chi connectivity index (χ0n) is 7.83. The van der Waals surface area contributed by atoms with E-state index < -0.39 is 6.10 Å². The summed E-state index contributed by atoms with van der Waals surface area (Å²) >= 11 is 8.27. The van der Waals surface area contributed by atoms with Crippen molar-refractivity contribution >= 4 is 43.2 Å². The van der Waals surface area contributed by atoms with Gasteiger partial charge in [-0.15, -0.1) is 11.3 Å². The highest BCUT2D eigenvalue weighted by Crippen LogP contribution is 2.38. The van der Waals surface area contributed by atoms with Crippen molar-refractivity contribution in [3.05, 3.63) is 42.9 Å². The minimum atomic E-state index is -0.687. The van der Waals surface area contributed by atoms with Gasteiger partial charge in [-0.1, -0.05) is 0 Å². The highest BCUT2D eigenvalue weighted by Gasteiger charge is 2.19. The van der Waals surface area contributed by atoms with E-state index in [9.17, 15) is 5.11 Å². The third kappa shape index (κ3) is 2.20.